The molecule has 2 amide bonds. The van der Waals surface area contributed by atoms with Crippen LogP contribution >= 0.6 is 23.4 Å². The zero-order valence-electron chi connectivity index (χ0n) is 14.9. The van der Waals surface area contributed by atoms with Crippen LogP contribution in [0.25, 0.3) is 11.5 Å². The number of carbonyl (C=O) groups is 2. The number of carbonyl (C=O) groups excluding carboxylic acids is 2. The Morgan fingerprint density at radius 1 is 1.14 bits per heavy atom. The lowest BCUT2D eigenvalue weighted by atomic mass is 10.2. The Kier molecular flexibility index (Phi) is 6.67. The molecule has 0 aliphatic heterocycles. The molecular weight excluding hydrogens is 400 g/mol. The van der Waals surface area contributed by atoms with Crippen LogP contribution in [0.2, 0.25) is 5.02 Å². The molecule has 1 heterocycles. The van der Waals surface area contributed by atoms with E-state index in [0.717, 1.165) is 17.3 Å². The van der Waals surface area contributed by atoms with Crippen LogP contribution in [-0.2, 0) is 4.79 Å². The highest BCUT2D eigenvalue weighted by Crippen LogP contribution is 2.24. The first kappa shape index (κ1) is 19.9. The maximum absolute atomic E-state index is 12.2. The van der Waals surface area contributed by atoms with Crippen LogP contribution in [0, 0.1) is 0 Å². The molecule has 0 atom stereocenters. The molecule has 0 bridgehead atoms. The zero-order valence-corrected chi connectivity index (χ0v) is 16.5. The Hall–Kier alpha value is -2.84. The molecule has 0 aliphatic rings. The van der Waals surface area contributed by atoms with Gasteiger partial charge < -0.3 is 15.1 Å². The fourth-order valence-electron chi connectivity index (χ4n) is 2.30. The first-order valence-electron chi connectivity index (χ1n) is 8.45. The molecule has 1 aromatic heterocycles. The third kappa shape index (κ3) is 5.34. The standard InChI is InChI=1S/C19H17ClN4O3S/c1-2-21-17(26)13-4-3-5-15(10-13)22-16(25)11-28-19-24-23-18(27-19)12-6-8-14(20)9-7-12/h3-10H,2,11H2,1H3,(H,21,26)(H,22,25). The Bertz CT molecular complexity index is 975. The van der Waals surface area contributed by atoms with Gasteiger partial charge in [0.15, 0.2) is 0 Å². The minimum Gasteiger partial charge on any atom is -0.411 e. The summed E-state index contributed by atoms with van der Waals surface area (Å²) in [5.74, 6) is 0.0141. The largest absolute Gasteiger partial charge is 0.411 e. The van der Waals surface area contributed by atoms with E-state index in [0.29, 0.717) is 28.7 Å². The maximum atomic E-state index is 12.2. The van der Waals surface area contributed by atoms with Gasteiger partial charge in [0, 0.05) is 28.4 Å². The predicted molar refractivity (Wildman–Crippen MR) is 109 cm³/mol. The van der Waals surface area contributed by atoms with E-state index in [-0.39, 0.29) is 22.8 Å². The summed E-state index contributed by atoms with van der Waals surface area (Å²) in [5, 5.41) is 14.3. The first-order valence-corrected chi connectivity index (χ1v) is 9.82. The molecule has 0 saturated heterocycles. The van der Waals surface area contributed by atoms with Gasteiger partial charge in [-0.3, -0.25) is 9.59 Å². The predicted octanol–water partition coefficient (Wildman–Crippen LogP) is 3.87. The molecule has 0 spiro atoms. The number of benzene rings is 2. The molecule has 144 valence electrons. The van der Waals surface area contributed by atoms with Gasteiger partial charge in [0.2, 0.25) is 11.8 Å². The van der Waals surface area contributed by atoms with Crippen molar-refractivity contribution in [1.29, 1.82) is 0 Å². The number of aromatic nitrogens is 2. The molecule has 0 radical (unpaired) electrons. The molecule has 3 aromatic rings. The van der Waals surface area contributed by atoms with Crippen molar-refractivity contribution < 1.29 is 14.0 Å². The van der Waals surface area contributed by atoms with E-state index >= 15 is 0 Å². The lowest BCUT2D eigenvalue weighted by Gasteiger charge is -2.07. The number of nitrogens with zero attached hydrogens (tertiary/aromatic N) is 2. The number of halogens is 1. The second-order valence-corrected chi connectivity index (χ2v) is 7.02. The minimum absolute atomic E-state index is 0.0909. The van der Waals surface area contributed by atoms with Crippen molar-refractivity contribution in [3.05, 3.63) is 59.1 Å². The average Bonchev–Trinajstić information content (AvgIpc) is 3.16. The van der Waals surface area contributed by atoms with Crippen molar-refractivity contribution in [2.24, 2.45) is 0 Å². The number of amides is 2. The van der Waals surface area contributed by atoms with Crippen molar-refractivity contribution >= 4 is 40.9 Å². The SMILES string of the molecule is CCNC(=O)c1cccc(NC(=O)CSc2nnc(-c3ccc(Cl)cc3)o2)c1. The lowest BCUT2D eigenvalue weighted by molar-refractivity contribution is -0.113. The molecule has 3 rings (SSSR count). The highest BCUT2D eigenvalue weighted by molar-refractivity contribution is 7.99. The van der Waals surface area contributed by atoms with Gasteiger partial charge >= 0.3 is 0 Å². The summed E-state index contributed by atoms with van der Waals surface area (Å²) in [6.45, 7) is 2.38. The van der Waals surface area contributed by atoms with Crippen LogP contribution in [-0.4, -0.2) is 34.3 Å². The molecular formula is C19H17ClN4O3S. The second-order valence-electron chi connectivity index (χ2n) is 5.66. The summed E-state index contributed by atoms with van der Waals surface area (Å²) in [6.07, 6.45) is 0. The maximum Gasteiger partial charge on any atom is 0.277 e. The smallest absolute Gasteiger partial charge is 0.277 e. The van der Waals surface area contributed by atoms with E-state index in [4.69, 9.17) is 16.0 Å². The Morgan fingerprint density at radius 3 is 2.68 bits per heavy atom. The van der Waals surface area contributed by atoms with E-state index in [9.17, 15) is 9.59 Å². The number of anilines is 1. The van der Waals surface area contributed by atoms with Crippen LogP contribution in [0.4, 0.5) is 5.69 Å². The van der Waals surface area contributed by atoms with Crippen LogP contribution in [0.1, 0.15) is 17.3 Å². The first-order chi connectivity index (χ1) is 13.5. The second kappa shape index (κ2) is 9.38. The average molecular weight is 417 g/mol. The summed E-state index contributed by atoms with van der Waals surface area (Å²) in [5.41, 5.74) is 1.77. The van der Waals surface area contributed by atoms with Gasteiger partial charge in [-0.25, -0.2) is 0 Å². The topological polar surface area (TPSA) is 97.1 Å². The number of rotatable bonds is 7. The molecule has 9 heteroatoms. The molecule has 28 heavy (non-hydrogen) atoms. The van der Waals surface area contributed by atoms with Crippen LogP contribution < -0.4 is 10.6 Å². The summed E-state index contributed by atoms with van der Waals surface area (Å²) in [6, 6.07) is 13.8. The minimum atomic E-state index is -0.246. The molecule has 7 nitrogen and oxygen atoms in total. The fraction of sp³-hybridized carbons (Fsp3) is 0.158. The number of thioether (sulfide) groups is 1. The Labute approximate surface area is 170 Å². The van der Waals surface area contributed by atoms with E-state index < -0.39 is 0 Å². The van der Waals surface area contributed by atoms with E-state index in [1.807, 2.05) is 6.92 Å². The molecule has 0 fully saturated rings. The van der Waals surface area contributed by atoms with Crippen molar-refractivity contribution in [2.75, 3.05) is 17.6 Å². The third-order valence-corrected chi connectivity index (χ3v) is 4.64. The molecule has 2 N–H and O–H groups in total. The highest BCUT2D eigenvalue weighted by atomic mass is 35.5. The van der Waals surface area contributed by atoms with Crippen LogP contribution in [0.15, 0.2) is 58.2 Å². The van der Waals surface area contributed by atoms with E-state index in [1.54, 1.807) is 48.5 Å². The van der Waals surface area contributed by atoms with E-state index in [2.05, 4.69) is 20.8 Å². The van der Waals surface area contributed by atoms with Crippen LogP contribution in [0.5, 0.6) is 0 Å². The van der Waals surface area contributed by atoms with Gasteiger partial charge in [0.25, 0.3) is 11.1 Å². The quantitative estimate of drug-likeness (QED) is 0.567. The van der Waals surface area contributed by atoms with Gasteiger partial charge in [0.1, 0.15) is 0 Å². The summed E-state index contributed by atoms with van der Waals surface area (Å²) in [4.78, 5) is 24.0. The van der Waals surface area contributed by atoms with Crippen LogP contribution in [0.3, 0.4) is 0 Å². The Morgan fingerprint density at radius 2 is 1.93 bits per heavy atom. The lowest BCUT2D eigenvalue weighted by Crippen LogP contribution is -2.23. The molecule has 0 unspecified atom stereocenters. The van der Waals surface area contributed by atoms with Crippen molar-refractivity contribution in [3.63, 3.8) is 0 Å². The van der Waals surface area contributed by atoms with Gasteiger partial charge in [-0.1, -0.05) is 29.4 Å². The number of nitrogens with one attached hydrogen (secondary N) is 2. The number of hydrogen-bond donors (Lipinski definition) is 2. The Balaban J connectivity index is 1.56. The number of hydrogen-bond acceptors (Lipinski definition) is 6. The normalized spacial score (nSPS) is 10.5. The molecule has 2 aromatic carbocycles. The van der Waals surface area contributed by atoms with E-state index in [1.165, 1.54) is 0 Å². The monoisotopic (exact) mass is 416 g/mol. The fourth-order valence-corrected chi connectivity index (χ4v) is 2.99. The van der Waals surface area contributed by atoms with Crippen molar-refractivity contribution in [1.82, 2.24) is 15.5 Å². The summed E-state index contributed by atoms with van der Waals surface area (Å²) >= 11 is 6.99. The third-order valence-electron chi connectivity index (χ3n) is 3.57. The van der Waals surface area contributed by atoms with Gasteiger partial charge in [-0.15, -0.1) is 10.2 Å². The molecule has 0 aliphatic carbocycles. The van der Waals surface area contributed by atoms with Gasteiger partial charge in [0.05, 0.1) is 5.75 Å². The van der Waals surface area contributed by atoms with Gasteiger partial charge in [-0.05, 0) is 49.4 Å². The summed E-state index contributed by atoms with van der Waals surface area (Å²) < 4.78 is 5.55. The van der Waals surface area contributed by atoms with Crippen molar-refractivity contribution in [2.45, 2.75) is 12.1 Å². The zero-order chi connectivity index (χ0) is 19.9. The van der Waals surface area contributed by atoms with Gasteiger partial charge in [-0.2, -0.15) is 0 Å². The van der Waals surface area contributed by atoms with Crippen molar-refractivity contribution in [3.8, 4) is 11.5 Å². The highest BCUT2D eigenvalue weighted by Gasteiger charge is 2.12. The summed E-state index contributed by atoms with van der Waals surface area (Å²) in [7, 11) is 0. The molecule has 0 saturated carbocycles.